The Labute approximate surface area is 123 Å². The molecule has 1 heterocycles. The molecule has 0 saturated carbocycles. The van der Waals surface area contributed by atoms with Gasteiger partial charge in [-0.1, -0.05) is 50.3 Å². The van der Waals surface area contributed by atoms with Crippen LogP contribution in [0.5, 0.6) is 0 Å². The Balaban J connectivity index is 2.86. The third kappa shape index (κ3) is 4.06. The van der Waals surface area contributed by atoms with E-state index in [1.165, 1.54) is 6.92 Å². The Morgan fingerprint density at radius 1 is 1.22 bits per heavy atom. The van der Waals surface area contributed by atoms with E-state index in [9.17, 15) is 4.79 Å². The summed E-state index contributed by atoms with van der Waals surface area (Å²) in [4.78, 5) is 11.2. The average Bonchev–Trinajstić information content (AvgIpc) is 2.26. The van der Waals surface area contributed by atoms with Crippen LogP contribution >= 0.6 is 22.6 Å². The highest BCUT2D eigenvalue weighted by Crippen LogP contribution is 2.33. The zero-order valence-corrected chi connectivity index (χ0v) is 13.8. The van der Waals surface area contributed by atoms with Crippen molar-refractivity contribution < 1.29 is 19.0 Å². The molecule has 0 aromatic rings. The fourth-order valence-corrected chi connectivity index (χ4v) is 3.00. The first kappa shape index (κ1) is 16.2. The molecular formula is C13H23IO4. The van der Waals surface area contributed by atoms with E-state index in [0.717, 1.165) is 4.43 Å². The lowest BCUT2D eigenvalue weighted by Gasteiger charge is -2.43. The summed E-state index contributed by atoms with van der Waals surface area (Å²) in [5.41, 5.74) is 0. The maximum atomic E-state index is 11.2. The van der Waals surface area contributed by atoms with Crippen LogP contribution in [0.3, 0.4) is 0 Å². The second-order valence-corrected chi connectivity index (χ2v) is 6.27. The van der Waals surface area contributed by atoms with Gasteiger partial charge in [-0.2, -0.15) is 0 Å². The molecule has 1 unspecified atom stereocenters. The number of hydrogen-bond acceptors (Lipinski definition) is 4. The van der Waals surface area contributed by atoms with Crippen molar-refractivity contribution in [3.05, 3.63) is 0 Å². The van der Waals surface area contributed by atoms with Gasteiger partial charge in [0.2, 0.25) is 6.29 Å². The predicted octanol–water partition coefficient (Wildman–Crippen LogP) is 2.98. The second kappa shape index (κ2) is 7.05. The number of carbonyl (C=O) groups is 1. The van der Waals surface area contributed by atoms with Crippen LogP contribution in [0.4, 0.5) is 0 Å². The third-order valence-corrected chi connectivity index (χ3v) is 4.01. The first-order valence-corrected chi connectivity index (χ1v) is 7.93. The van der Waals surface area contributed by atoms with Crippen molar-refractivity contribution in [2.24, 2.45) is 17.8 Å². The van der Waals surface area contributed by atoms with Crippen LogP contribution in [0.2, 0.25) is 0 Å². The molecule has 1 rings (SSSR count). The van der Waals surface area contributed by atoms with Crippen LogP contribution in [-0.2, 0) is 19.0 Å². The largest absolute Gasteiger partial charge is 0.435 e. The van der Waals surface area contributed by atoms with Crippen molar-refractivity contribution in [2.45, 2.75) is 53.3 Å². The van der Waals surface area contributed by atoms with Crippen molar-refractivity contribution in [1.82, 2.24) is 0 Å². The van der Waals surface area contributed by atoms with Crippen molar-refractivity contribution >= 4 is 28.6 Å². The lowest BCUT2D eigenvalue weighted by atomic mass is 9.92. The van der Waals surface area contributed by atoms with Crippen molar-refractivity contribution in [3.8, 4) is 0 Å². The Morgan fingerprint density at radius 3 is 2.22 bits per heavy atom. The highest BCUT2D eigenvalue weighted by atomic mass is 127. The molecule has 0 N–H and O–H groups in total. The standard InChI is InChI=1S/C13H23IO4/c1-7(2)11-10(6-14)13(16-9(5)15)18-12(17-11)8(3)4/h7-8,10-13H,6H2,1-5H3/t10-,11+,12+,13?/m1/s1. The first-order chi connectivity index (χ1) is 8.36. The molecule has 1 fully saturated rings. The van der Waals surface area contributed by atoms with Gasteiger partial charge >= 0.3 is 5.97 Å². The van der Waals surface area contributed by atoms with E-state index in [-0.39, 0.29) is 30.2 Å². The Bertz CT molecular complexity index is 280. The Morgan fingerprint density at radius 2 is 1.83 bits per heavy atom. The van der Waals surface area contributed by atoms with Gasteiger partial charge in [0.05, 0.1) is 12.0 Å². The lowest BCUT2D eigenvalue weighted by Crippen LogP contribution is -2.52. The van der Waals surface area contributed by atoms with Gasteiger partial charge in [-0.3, -0.25) is 4.79 Å². The predicted molar refractivity (Wildman–Crippen MR) is 77.4 cm³/mol. The number of alkyl halides is 1. The third-order valence-electron chi connectivity index (χ3n) is 2.99. The van der Waals surface area contributed by atoms with Crippen LogP contribution in [-0.4, -0.2) is 29.1 Å². The van der Waals surface area contributed by atoms with Crippen LogP contribution < -0.4 is 0 Å². The molecule has 4 nitrogen and oxygen atoms in total. The molecule has 0 bridgehead atoms. The molecule has 0 amide bonds. The zero-order chi connectivity index (χ0) is 13.9. The number of ether oxygens (including phenoxy) is 3. The van der Waals surface area contributed by atoms with E-state index in [0.29, 0.717) is 5.92 Å². The minimum atomic E-state index is -0.493. The maximum Gasteiger partial charge on any atom is 0.304 e. The van der Waals surface area contributed by atoms with Gasteiger partial charge in [-0.15, -0.1) is 0 Å². The number of carbonyl (C=O) groups excluding carboxylic acids is 1. The van der Waals surface area contributed by atoms with Gasteiger partial charge in [0, 0.05) is 17.3 Å². The van der Waals surface area contributed by atoms with Crippen molar-refractivity contribution in [3.63, 3.8) is 0 Å². The summed E-state index contributed by atoms with van der Waals surface area (Å²) in [5.74, 6) is 0.388. The summed E-state index contributed by atoms with van der Waals surface area (Å²) < 4.78 is 17.9. The fourth-order valence-electron chi connectivity index (χ4n) is 2.08. The first-order valence-electron chi connectivity index (χ1n) is 6.41. The zero-order valence-electron chi connectivity index (χ0n) is 11.7. The minimum absolute atomic E-state index is 0.0624. The summed E-state index contributed by atoms with van der Waals surface area (Å²) >= 11 is 2.29. The molecule has 106 valence electrons. The van der Waals surface area contributed by atoms with Gasteiger partial charge < -0.3 is 14.2 Å². The van der Waals surface area contributed by atoms with Crippen LogP contribution in [0.1, 0.15) is 34.6 Å². The van der Waals surface area contributed by atoms with Crippen molar-refractivity contribution in [1.29, 1.82) is 0 Å². The highest BCUT2D eigenvalue weighted by molar-refractivity contribution is 14.1. The normalized spacial score (nSPS) is 32.9. The van der Waals surface area contributed by atoms with E-state index in [1.54, 1.807) is 0 Å². The van der Waals surface area contributed by atoms with E-state index >= 15 is 0 Å². The molecule has 0 aromatic carbocycles. The smallest absolute Gasteiger partial charge is 0.304 e. The summed E-state index contributed by atoms with van der Waals surface area (Å²) in [6, 6.07) is 0. The molecule has 0 aromatic heterocycles. The summed E-state index contributed by atoms with van der Waals surface area (Å²) in [5, 5.41) is 0. The van der Waals surface area contributed by atoms with E-state index < -0.39 is 6.29 Å². The molecule has 4 atom stereocenters. The van der Waals surface area contributed by atoms with E-state index in [1.807, 2.05) is 13.8 Å². The number of halogens is 1. The molecule has 1 aliphatic rings. The summed E-state index contributed by atoms with van der Waals surface area (Å²) in [6.45, 7) is 9.74. The van der Waals surface area contributed by atoms with Crippen LogP contribution in [0, 0.1) is 17.8 Å². The molecule has 1 saturated heterocycles. The molecule has 1 aliphatic heterocycles. The topological polar surface area (TPSA) is 44.8 Å². The van der Waals surface area contributed by atoms with Gasteiger partial charge in [0.25, 0.3) is 0 Å². The van der Waals surface area contributed by atoms with Gasteiger partial charge in [0.1, 0.15) is 0 Å². The number of hydrogen-bond donors (Lipinski definition) is 0. The second-order valence-electron chi connectivity index (χ2n) is 5.39. The molecular weight excluding hydrogens is 347 g/mol. The molecule has 0 radical (unpaired) electrons. The van der Waals surface area contributed by atoms with Crippen LogP contribution in [0.25, 0.3) is 0 Å². The summed E-state index contributed by atoms with van der Waals surface area (Å²) in [7, 11) is 0. The highest BCUT2D eigenvalue weighted by Gasteiger charge is 2.42. The lowest BCUT2D eigenvalue weighted by molar-refractivity contribution is -0.336. The van der Waals surface area contributed by atoms with Crippen molar-refractivity contribution in [2.75, 3.05) is 4.43 Å². The van der Waals surface area contributed by atoms with Gasteiger partial charge in [-0.25, -0.2) is 0 Å². The van der Waals surface area contributed by atoms with E-state index in [4.69, 9.17) is 14.2 Å². The molecule has 5 heteroatoms. The molecule has 0 aliphatic carbocycles. The van der Waals surface area contributed by atoms with Gasteiger partial charge in [0.15, 0.2) is 6.29 Å². The fraction of sp³-hybridized carbons (Fsp3) is 0.923. The molecule has 0 spiro atoms. The van der Waals surface area contributed by atoms with Crippen LogP contribution in [0.15, 0.2) is 0 Å². The maximum absolute atomic E-state index is 11.2. The molecule has 18 heavy (non-hydrogen) atoms. The number of rotatable bonds is 4. The average molecular weight is 370 g/mol. The van der Waals surface area contributed by atoms with Gasteiger partial charge in [-0.05, 0) is 5.92 Å². The monoisotopic (exact) mass is 370 g/mol. The number of esters is 1. The summed E-state index contributed by atoms with van der Waals surface area (Å²) in [6.07, 6.45) is -0.735. The SMILES string of the molecule is CC(=O)OC1O[C@@H](C(C)C)O[C@@H](C(C)C)[C@H]1CI. The Kier molecular flexibility index (Phi) is 6.34. The minimum Gasteiger partial charge on any atom is -0.435 e. The quantitative estimate of drug-likeness (QED) is 0.434. The van der Waals surface area contributed by atoms with E-state index in [2.05, 4.69) is 36.4 Å². The Hall–Kier alpha value is 0.120.